The fourth-order valence-electron chi connectivity index (χ4n) is 1.61. The van der Waals surface area contributed by atoms with E-state index < -0.39 is 0 Å². The predicted octanol–water partition coefficient (Wildman–Crippen LogP) is 3.09. The second-order valence-electron chi connectivity index (χ2n) is 4.46. The first kappa shape index (κ1) is 13.0. The Hall–Kier alpha value is -1.02. The zero-order valence-electron chi connectivity index (χ0n) is 10.2. The number of carbonyl (C=O) groups is 1. The van der Waals surface area contributed by atoms with Gasteiger partial charge in [0.15, 0.2) is 0 Å². The molecule has 0 fully saturated rings. The minimum absolute atomic E-state index is 0.101. The SMILES string of the molecule is CC(C)c1ccc(Cl)cc1CC(=O)N(C)C. The number of rotatable bonds is 3. The van der Waals surface area contributed by atoms with Crippen LogP contribution in [-0.2, 0) is 11.2 Å². The second-order valence-corrected chi connectivity index (χ2v) is 4.90. The molecule has 16 heavy (non-hydrogen) atoms. The van der Waals surface area contributed by atoms with Crippen molar-refractivity contribution in [3.8, 4) is 0 Å². The Morgan fingerprint density at radius 1 is 1.38 bits per heavy atom. The zero-order chi connectivity index (χ0) is 12.3. The summed E-state index contributed by atoms with van der Waals surface area (Å²) in [7, 11) is 3.53. The molecule has 0 heterocycles. The van der Waals surface area contributed by atoms with Crippen molar-refractivity contribution in [2.24, 2.45) is 0 Å². The number of halogens is 1. The van der Waals surface area contributed by atoms with Crippen LogP contribution in [0.25, 0.3) is 0 Å². The highest BCUT2D eigenvalue weighted by atomic mass is 35.5. The minimum Gasteiger partial charge on any atom is -0.349 e. The van der Waals surface area contributed by atoms with Crippen molar-refractivity contribution in [1.29, 1.82) is 0 Å². The highest BCUT2D eigenvalue weighted by Gasteiger charge is 2.12. The normalized spacial score (nSPS) is 10.6. The third kappa shape index (κ3) is 3.24. The van der Waals surface area contributed by atoms with Crippen LogP contribution in [0.2, 0.25) is 5.02 Å². The summed E-state index contributed by atoms with van der Waals surface area (Å²) in [6, 6.07) is 5.77. The Morgan fingerprint density at radius 3 is 2.50 bits per heavy atom. The maximum absolute atomic E-state index is 11.7. The summed E-state index contributed by atoms with van der Waals surface area (Å²) in [5.41, 5.74) is 2.22. The molecule has 0 N–H and O–H groups in total. The lowest BCUT2D eigenvalue weighted by molar-refractivity contribution is -0.127. The van der Waals surface area contributed by atoms with E-state index in [4.69, 9.17) is 11.6 Å². The van der Waals surface area contributed by atoms with E-state index in [1.807, 2.05) is 18.2 Å². The Bertz CT molecular complexity index is 386. The molecule has 3 heteroatoms. The quantitative estimate of drug-likeness (QED) is 0.794. The lowest BCUT2D eigenvalue weighted by atomic mass is 9.95. The van der Waals surface area contributed by atoms with Crippen LogP contribution in [0.3, 0.4) is 0 Å². The summed E-state index contributed by atoms with van der Waals surface area (Å²) in [4.78, 5) is 13.3. The van der Waals surface area contributed by atoms with Crippen molar-refractivity contribution in [2.75, 3.05) is 14.1 Å². The van der Waals surface area contributed by atoms with Gasteiger partial charge in [-0.25, -0.2) is 0 Å². The first-order chi connectivity index (χ1) is 7.41. The van der Waals surface area contributed by atoms with Crippen molar-refractivity contribution in [3.05, 3.63) is 34.3 Å². The van der Waals surface area contributed by atoms with Gasteiger partial charge in [0, 0.05) is 19.1 Å². The number of hydrogen-bond donors (Lipinski definition) is 0. The van der Waals surface area contributed by atoms with E-state index in [9.17, 15) is 4.79 Å². The van der Waals surface area contributed by atoms with Crippen LogP contribution in [0.15, 0.2) is 18.2 Å². The van der Waals surface area contributed by atoms with Gasteiger partial charge in [-0.2, -0.15) is 0 Å². The number of benzene rings is 1. The summed E-state index contributed by atoms with van der Waals surface area (Å²) in [5, 5.41) is 0.686. The molecule has 88 valence electrons. The number of likely N-dealkylation sites (N-methyl/N-ethyl adjacent to an activating group) is 1. The molecule has 0 radical (unpaired) electrons. The summed E-state index contributed by atoms with van der Waals surface area (Å²) < 4.78 is 0. The van der Waals surface area contributed by atoms with E-state index in [1.165, 1.54) is 5.56 Å². The van der Waals surface area contributed by atoms with Crippen LogP contribution < -0.4 is 0 Å². The highest BCUT2D eigenvalue weighted by Crippen LogP contribution is 2.23. The van der Waals surface area contributed by atoms with Crippen molar-refractivity contribution in [2.45, 2.75) is 26.2 Å². The average Bonchev–Trinajstić information content (AvgIpc) is 2.16. The maximum Gasteiger partial charge on any atom is 0.226 e. The van der Waals surface area contributed by atoms with Crippen LogP contribution in [0.1, 0.15) is 30.9 Å². The van der Waals surface area contributed by atoms with E-state index in [0.717, 1.165) is 5.56 Å². The Labute approximate surface area is 102 Å². The zero-order valence-corrected chi connectivity index (χ0v) is 11.0. The molecule has 0 aliphatic rings. The maximum atomic E-state index is 11.7. The van der Waals surface area contributed by atoms with E-state index in [2.05, 4.69) is 13.8 Å². The molecular weight excluding hydrogens is 222 g/mol. The second kappa shape index (κ2) is 5.35. The summed E-state index contributed by atoms with van der Waals surface area (Å²) in [5.74, 6) is 0.506. The van der Waals surface area contributed by atoms with Crippen LogP contribution in [0.4, 0.5) is 0 Å². The smallest absolute Gasteiger partial charge is 0.226 e. The third-order valence-corrected chi connectivity index (χ3v) is 2.80. The van der Waals surface area contributed by atoms with Crippen LogP contribution in [0.5, 0.6) is 0 Å². The number of nitrogens with zero attached hydrogens (tertiary/aromatic N) is 1. The molecule has 0 spiro atoms. The molecule has 0 aliphatic heterocycles. The van der Waals surface area contributed by atoms with Crippen molar-refractivity contribution < 1.29 is 4.79 Å². The molecule has 0 atom stereocenters. The molecule has 0 bridgehead atoms. The Kier molecular flexibility index (Phi) is 4.36. The van der Waals surface area contributed by atoms with Gasteiger partial charge >= 0.3 is 0 Å². The summed E-state index contributed by atoms with van der Waals surface area (Å²) >= 11 is 5.96. The standard InChI is InChI=1S/C13H18ClNO/c1-9(2)12-6-5-11(14)7-10(12)8-13(16)15(3)4/h5-7,9H,8H2,1-4H3. The Balaban J connectivity index is 3.01. The van der Waals surface area contributed by atoms with Gasteiger partial charge in [0.2, 0.25) is 5.91 Å². The molecule has 1 amide bonds. The molecule has 0 aromatic heterocycles. The van der Waals surface area contributed by atoms with E-state index >= 15 is 0 Å². The van der Waals surface area contributed by atoms with Gasteiger partial charge in [-0.3, -0.25) is 4.79 Å². The van der Waals surface area contributed by atoms with Gasteiger partial charge in [0.25, 0.3) is 0 Å². The fraction of sp³-hybridized carbons (Fsp3) is 0.462. The van der Waals surface area contributed by atoms with Gasteiger partial charge in [-0.1, -0.05) is 31.5 Å². The molecule has 1 rings (SSSR count). The molecular formula is C13H18ClNO. The molecule has 1 aromatic carbocycles. The van der Waals surface area contributed by atoms with E-state index in [-0.39, 0.29) is 5.91 Å². The largest absolute Gasteiger partial charge is 0.349 e. The third-order valence-electron chi connectivity index (χ3n) is 2.57. The summed E-state index contributed by atoms with van der Waals surface area (Å²) in [6.45, 7) is 4.24. The van der Waals surface area contributed by atoms with Crippen molar-refractivity contribution in [1.82, 2.24) is 4.90 Å². The van der Waals surface area contributed by atoms with Gasteiger partial charge in [-0.15, -0.1) is 0 Å². The van der Waals surface area contributed by atoms with E-state index in [1.54, 1.807) is 19.0 Å². The van der Waals surface area contributed by atoms with E-state index in [0.29, 0.717) is 17.4 Å². The highest BCUT2D eigenvalue weighted by molar-refractivity contribution is 6.30. The first-order valence-corrected chi connectivity index (χ1v) is 5.78. The topological polar surface area (TPSA) is 20.3 Å². The molecule has 0 aliphatic carbocycles. The molecule has 0 saturated carbocycles. The number of amides is 1. The van der Waals surface area contributed by atoms with Crippen LogP contribution in [-0.4, -0.2) is 24.9 Å². The van der Waals surface area contributed by atoms with Crippen molar-refractivity contribution in [3.63, 3.8) is 0 Å². The molecule has 0 saturated heterocycles. The minimum atomic E-state index is 0.101. The van der Waals surface area contributed by atoms with Gasteiger partial charge < -0.3 is 4.90 Å². The Morgan fingerprint density at radius 2 is 2.00 bits per heavy atom. The monoisotopic (exact) mass is 239 g/mol. The van der Waals surface area contributed by atoms with Gasteiger partial charge in [0.1, 0.15) is 0 Å². The van der Waals surface area contributed by atoms with Crippen LogP contribution in [0, 0.1) is 0 Å². The lowest BCUT2D eigenvalue weighted by Gasteiger charge is -2.15. The first-order valence-electron chi connectivity index (χ1n) is 5.40. The summed E-state index contributed by atoms with van der Waals surface area (Å²) in [6.07, 6.45) is 0.418. The van der Waals surface area contributed by atoms with Gasteiger partial charge in [0.05, 0.1) is 6.42 Å². The molecule has 0 unspecified atom stereocenters. The fourth-order valence-corrected chi connectivity index (χ4v) is 1.81. The predicted molar refractivity (Wildman–Crippen MR) is 67.9 cm³/mol. The molecule has 1 aromatic rings. The molecule has 2 nitrogen and oxygen atoms in total. The average molecular weight is 240 g/mol. The lowest BCUT2D eigenvalue weighted by Crippen LogP contribution is -2.24. The van der Waals surface area contributed by atoms with Crippen molar-refractivity contribution >= 4 is 17.5 Å². The number of carbonyl (C=O) groups excluding carboxylic acids is 1. The number of hydrogen-bond acceptors (Lipinski definition) is 1. The van der Waals surface area contributed by atoms with Gasteiger partial charge in [-0.05, 0) is 29.2 Å². The van der Waals surface area contributed by atoms with Crippen LogP contribution >= 0.6 is 11.6 Å².